The van der Waals surface area contributed by atoms with Gasteiger partial charge in [0.1, 0.15) is 17.6 Å². The normalized spacial score (nSPS) is 11.6. The predicted octanol–water partition coefficient (Wildman–Crippen LogP) is 3.97. The van der Waals surface area contributed by atoms with Crippen molar-refractivity contribution < 1.29 is 18.7 Å². The molecule has 2 rings (SSSR count). The van der Waals surface area contributed by atoms with Gasteiger partial charge in [0, 0.05) is 13.1 Å². The van der Waals surface area contributed by atoms with E-state index >= 15 is 0 Å². The Labute approximate surface area is 178 Å². The smallest absolute Gasteiger partial charge is 0.261 e. The lowest BCUT2D eigenvalue weighted by Gasteiger charge is -2.30. The molecule has 2 amide bonds. The van der Waals surface area contributed by atoms with Gasteiger partial charge in [-0.1, -0.05) is 50.6 Å². The van der Waals surface area contributed by atoms with Crippen molar-refractivity contribution in [3.8, 4) is 5.75 Å². The molecule has 0 bridgehead atoms. The number of benzene rings is 2. The van der Waals surface area contributed by atoms with Gasteiger partial charge in [-0.25, -0.2) is 4.39 Å². The van der Waals surface area contributed by atoms with Gasteiger partial charge in [-0.2, -0.15) is 0 Å². The number of rotatable bonds is 12. The number of halogens is 1. The molecule has 30 heavy (non-hydrogen) atoms. The molecule has 2 aromatic carbocycles. The van der Waals surface area contributed by atoms with Gasteiger partial charge in [0.25, 0.3) is 5.91 Å². The Morgan fingerprint density at radius 2 is 1.77 bits per heavy atom. The average Bonchev–Trinajstić information content (AvgIpc) is 2.76. The molecule has 5 nitrogen and oxygen atoms in total. The lowest BCUT2D eigenvalue weighted by molar-refractivity contribution is -0.142. The van der Waals surface area contributed by atoms with Crippen LogP contribution in [0.3, 0.4) is 0 Å². The minimum atomic E-state index is -0.560. The van der Waals surface area contributed by atoms with Gasteiger partial charge in [0.2, 0.25) is 5.91 Å². The Morgan fingerprint density at radius 1 is 1.07 bits per heavy atom. The molecule has 162 valence electrons. The second-order valence-electron chi connectivity index (χ2n) is 7.13. The third kappa shape index (κ3) is 7.50. The van der Waals surface area contributed by atoms with Gasteiger partial charge in [0.05, 0.1) is 0 Å². The lowest BCUT2D eigenvalue weighted by Crippen LogP contribution is -2.51. The van der Waals surface area contributed by atoms with E-state index in [1.54, 1.807) is 4.90 Å². The van der Waals surface area contributed by atoms with E-state index in [9.17, 15) is 14.0 Å². The van der Waals surface area contributed by atoms with Crippen LogP contribution in [0.25, 0.3) is 0 Å². The fraction of sp³-hybridized carbons (Fsp3) is 0.417. The Morgan fingerprint density at radius 3 is 2.40 bits per heavy atom. The first-order valence-corrected chi connectivity index (χ1v) is 10.5. The molecule has 1 N–H and O–H groups in total. The minimum absolute atomic E-state index is 0.144. The molecule has 1 atom stereocenters. The van der Waals surface area contributed by atoms with Crippen molar-refractivity contribution in [3.05, 3.63) is 66.0 Å². The van der Waals surface area contributed by atoms with Gasteiger partial charge in [-0.05, 0) is 49.1 Å². The molecule has 0 heterocycles. The highest BCUT2D eigenvalue weighted by molar-refractivity contribution is 5.88. The maximum absolute atomic E-state index is 13.1. The van der Waals surface area contributed by atoms with Crippen molar-refractivity contribution >= 4 is 11.8 Å². The van der Waals surface area contributed by atoms with Crippen LogP contribution in [-0.4, -0.2) is 42.5 Å². The topological polar surface area (TPSA) is 58.6 Å². The van der Waals surface area contributed by atoms with E-state index in [0.29, 0.717) is 31.7 Å². The molecule has 6 heteroatoms. The first-order chi connectivity index (χ1) is 14.5. The number of nitrogens with zero attached hydrogens (tertiary/aromatic N) is 1. The molecule has 0 aliphatic heterocycles. The molecular formula is C24H31FN2O3. The van der Waals surface area contributed by atoms with E-state index in [2.05, 4.69) is 12.2 Å². The highest BCUT2D eigenvalue weighted by Gasteiger charge is 2.28. The SMILES string of the molecule is CCCCNC(=O)C(CC)N(CCc1ccccc1)C(=O)COc1ccc(F)cc1. The number of carbonyl (C=O) groups is 2. The number of hydrogen-bond acceptors (Lipinski definition) is 3. The summed E-state index contributed by atoms with van der Waals surface area (Å²) in [6.07, 6.45) is 3.03. The molecule has 0 fully saturated rings. The number of ether oxygens (including phenoxy) is 1. The largest absolute Gasteiger partial charge is 0.484 e. The molecule has 0 saturated heterocycles. The summed E-state index contributed by atoms with van der Waals surface area (Å²) < 4.78 is 18.6. The monoisotopic (exact) mass is 414 g/mol. The number of nitrogens with one attached hydrogen (secondary N) is 1. The second kappa shape index (κ2) is 12.6. The molecule has 0 spiro atoms. The summed E-state index contributed by atoms with van der Waals surface area (Å²) in [7, 11) is 0. The molecule has 0 radical (unpaired) electrons. The molecule has 2 aromatic rings. The summed E-state index contributed by atoms with van der Waals surface area (Å²) in [6.45, 7) is 4.76. The molecule has 0 aliphatic rings. The summed E-state index contributed by atoms with van der Waals surface area (Å²) in [5.74, 6) is -0.372. The number of unbranched alkanes of at least 4 members (excludes halogenated alkanes) is 1. The van der Waals surface area contributed by atoms with Crippen LogP contribution in [0.5, 0.6) is 5.75 Å². The highest BCUT2D eigenvalue weighted by atomic mass is 19.1. The van der Waals surface area contributed by atoms with Gasteiger partial charge >= 0.3 is 0 Å². The summed E-state index contributed by atoms with van der Waals surface area (Å²) in [6, 6.07) is 14.8. The summed E-state index contributed by atoms with van der Waals surface area (Å²) in [4.78, 5) is 27.3. The Bertz CT molecular complexity index is 781. The van der Waals surface area contributed by atoms with Crippen LogP contribution in [0.1, 0.15) is 38.7 Å². The maximum atomic E-state index is 13.1. The quantitative estimate of drug-likeness (QED) is 0.535. The van der Waals surface area contributed by atoms with E-state index in [1.807, 2.05) is 37.3 Å². The Kier molecular flexibility index (Phi) is 9.84. The third-order valence-electron chi connectivity index (χ3n) is 4.88. The third-order valence-corrected chi connectivity index (χ3v) is 4.88. The van der Waals surface area contributed by atoms with Gasteiger partial charge in [-0.15, -0.1) is 0 Å². The fourth-order valence-corrected chi connectivity index (χ4v) is 3.16. The fourth-order valence-electron chi connectivity index (χ4n) is 3.16. The molecule has 0 aliphatic carbocycles. The molecule has 0 aromatic heterocycles. The predicted molar refractivity (Wildman–Crippen MR) is 116 cm³/mol. The highest BCUT2D eigenvalue weighted by Crippen LogP contribution is 2.13. The van der Waals surface area contributed by atoms with Crippen LogP contribution in [0.15, 0.2) is 54.6 Å². The standard InChI is InChI=1S/C24H31FN2O3/c1-3-5-16-26-24(29)22(4-2)27(17-15-19-9-7-6-8-10-19)23(28)18-30-21-13-11-20(25)12-14-21/h6-14,22H,3-5,15-18H2,1-2H3,(H,26,29). The van der Waals surface area contributed by atoms with Crippen molar-refractivity contribution in [2.75, 3.05) is 19.7 Å². The van der Waals surface area contributed by atoms with Gasteiger partial charge in [-0.3, -0.25) is 9.59 Å². The Balaban J connectivity index is 2.08. The van der Waals surface area contributed by atoms with Crippen molar-refractivity contribution in [3.63, 3.8) is 0 Å². The number of carbonyl (C=O) groups excluding carboxylic acids is 2. The van der Waals surface area contributed by atoms with Crippen molar-refractivity contribution in [2.45, 2.75) is 45.6 Å². The number of hydrogen-bond donors (Lipinski definition) is 1. The average molecular weight is 415 g/mol. The van der Waals surface area contributed by atoms with E-state index in [4.69, 9.17) is 4.74 Å². The van der Waals surface area contributed by atoms with E-state index in [-0.39, 0.29) is 24.2 Å². The van der Waals surface area contributed by atoms with Gasteiger partial charge < -0.3 is 15.0 Å². The van der Waals surface area contributed by atoms with Crippen LogP contribution < -0.4 is 10.1 Å². The zero-order valence-electron chi connectivity index (χ0n) is 17.8. The molecule has 1 unspecified atom stereocenters. The first-order valence-electron chi connectivity index (χ1n) is 10.5. The van der Waals surface area contributed by atoms with Crippen LogP contribution in [0.2, 0.25) is 0 Å². The number of amides is 2. The van der Waals surface area contributed by atoms with E-state index < -0.39 is 6.04 Å². The zero-order chi connectivity index (χ0) is 21.8. The Hall–Kier alpha value is -2.89. The maximum Gasteiger partial charge on any atom is 0.261 e. The van der Waals surface area contributed by atoms with Crippen molar-refractivity contribution in [1.82, 2.24) is 10.2 Å². The first kappa shape index (κ1) is 23.4. The zero-order valence-corrected chi connectivity index (χ0v) is 17.8. The molecule has 0 saturated carbocycles. The summed E-state index contributed by atoms with van der Waals surface area (Å²) in [5.41, 5.74) is 1.09. The summed E-state index contributed by atoms with van der Waals surface area (Å²) in [5, 5.41) is 2.93. The molecular weight excluding hydrogens is 383 g/mol. The summed E-state index contributed by atoms with van der Waals surface area (Å²) >= 11 is 0. The van der Waals surface area contributed by atoms with Crippen LogP contribution in [0, 0.1) is 5.82 Å². The van der Waals surface area contributed by atoms with Crippen LogP contribution in [-0.2, 0) is 16.0 Å². The van der Waals surface area contributed by atoms with Crippen LogP contribution >= 0.6 is 0 Å². The second-order valence-corrected chi connectivity index (χ2v) is 7.13. The minimum Gasteiger partial charge on any atom is -0.484 e. The van der Waals surface area contributed by atoms with Crippen molar-refractivity contribution in [2.24, 2.45) is 0 Å². The lowest BCUT2D eigenvalue weighted by atomic mass is 10.1. The van der Waals surface area contributed by atoms with E-state index in [0.717, 1.165) is 18.4 Å². The van der Waals surface area contributed by atoms with Crippen LogP contribution in [0.4, 0.5) is 4.39 Å². The van der Waals surface area contributed by atoms with Gasteiger partial charge in [0.15, 0.2) is 6.61 Å². The van der Waals surface area contributed by atoms with E-state index in [1.165, 1.54) is 24.3 Å². The van der Waals surface area contributed by atoms with Crippen molar-refractivity contribution in [1.29, 1.82) is 0 Å².